The number of benzene rings is 3. The predicted molar refractivity (Wildman–Crippen MR) is 129 cm³/mol. The van der Waals surface area contributed by atoms with E-state index in [-0.39, 0.29) is 6.54 Å². The summed E-state index contributed by atoms with van der Waals surface area (Å²) in [5.41, 5.74) is 1.18. The summed E-state index contributed by atoms with van der Waals surface area (Å²) in [7, 11) is -3.73. The van der Waals surface area contributed by atoms with Gasteiger partial charge in [-0.05, 0) is 56.3 Å². The van der Waals surface area contributed by atoms with Gasteiger partial charge < -0.3 is 14.8 Å². The van der Waals surface area contributed by atoms with Crippen LogP contribution in [0.3, 0.4) is 0 Å². The molecule has 1 atom stereocenters. The van der Waals surface area contributed by atoms with Gasteiger partial charge in [0.2, 0.25) is 15.9 Å². The molecular formula is C25H28N2O5S. The van der Waals surface area contributed by atoms with Crippen LogP contribution < -0.4 is 19.1 Å². The first-order valence-corrected chi connectivity index (χ1v) is 12.4. The average molecular weight is 469 g/mol. The number of hydrogen-bond acceptors (Lipinski definition) is 5. The van der Waals surface area contributed by atoms with E-state index in [4.69, 9.17) is 9.47 Å². The molecule has 1 N–H and O–H groups in total. The van der Waals surface area contributed by atoms with Crippen molar-refractivity contribution in [2.75, 3.05) is 17.2 Å². The minimum absolute atomic E-state index is 0.223. The molecule has 0 spiro atoms. The maximum Gasteiger partial charge on any atom is 0.243 e. The van der Waals surface area contributed by atoms with E-state index in [2.05, 4.69) is 5.32 Å². The third-order valence-electron chi connectivity index (χ3n) is 4.88. The molecule has 8 heteroatoms. The van der Waals surface area contributed by atoms with Crippen LogP contribution in [0.5, 0.6) is 17.2 Å². The predicted octanol–water partition coefficient (Wildman–Crippen LogP) is 4.35. The lowest BCUT2D eigenvalue weighted by Crippen LogP contribution is -2.47. The molecule has 3 aromatic rings. The number of hydrogen-bond donors (Lipinski definition) is 1. The van der Waals surface area contributed by atoms with E-state index < -0.39 is 22.0 Å². The zero-order chi connectivity index (χ0) is 23.8. The van der Waals surface area contributed by atoms with E-state index >= 15 is 0 Å². The van der Waals surface area contributed by atoms with E-state index in [9.17, 15) is 13.2 Å². The molecular weight excluding hydrogens is 440 g/mol. The second-order valence-corrected chi connectivity index (χ2v) is 9.26. The fourth-order valence-corrected chi connectivity index (χ4v) is 4.55. The van der Waals surface area contributed by atoms with Crippen LogP contribution in [0.25, 0.3) is 0 Å². The van der Waals surface area contributed by atoms with Gasteiger partial charge in [-0.3, -0.25) is 9.10 Å². The first-order valence-electron chi connectivity index (χ1n) is 10.6. The summed E-state index contributed by atoms with van der Waals surface area (Å²) < 4.78 is 37.6. The maximum absolute atomic E-state index is 12.9. The first-order chi connectivity index (χ1) is 15.8. The lowest BCUT2D eigenvalue weighted by molar-refractivity contribution is -0.122. The summed E-state index contributed by atoms with van der Waals surface area (Å²) in [6.07, 6.45) is 1.08. The molecule has 0 heterocycles. The molecule has 0 saturated heterocycles. The van der Waals surface area contributed by atoms with Crippen molar-refractivity contribution in [2.45, 2.75) is 26.4 Å². The topological polar surface area (TPSA) is 84.9 Å². The van der Waals surface area contributed by atoms with Gasteiger partial charge in [0.25, 0.3) is 0 Å². The number of para-hydroxylation sites is 2. The van der Waals surface area contributed by atoms with Gasteiger partial charge in [-0.2, -0.15) is 0 Å². The van der Waals surface area contributed by atoms with Gasteiger partial charge in [0.15, 0.2) is 0 Å². The smallest absolute Gasteiger partial charge is 0.243 e. The molecule has 174 valence electrons. The van der Waals surface area contributed by atoms with Gasteiger partial charge in [-0.25, -0.2) is 8.42 Å². The Kier molecular flexibility index (Phi) is 7.95. The molecule has 1 amide bonds. The van der Waals surface area contributed by atoms with Gasteiger partial charge >= 0.3 is 0 Å². The number of carbonyl (C=O) groups excluding carboxylic acids is 1. The van der Waals surface area contributed by atoms with E-state index in [1.165, 1.54) is 0 Å². The average Bonchev–Trinajstić information content (AvgIpc) is 2.79. The van der Waals surface area contributed by atoms with Crippen LogP contribution in [-0.2, 0) is 21.4 Å². The Morgan fingerprint density at radius 3 is 2.18 bits per heavy atom. The van der Waals surface area contributed by atoms with Gasteiger partial charge in [0, 0.05) is 12.1 Å². The van der Waals surface area contributed by atoms with Crippen molar-refractivity contribution in [1.82, 2.24) is 5.32 Å². The number of anilines is 1. The molecule has 3 rings (SSSR count). The van der Waals surface area contributed by atoms with Gasteiger partial charge in [0.05, 0.1) is 18.6 Å². The van der Waals surface area contributed by atoms with Crippen molar-refractivity contribution in [3.05, 3.63) is 84.4 Å². The fraction of sp³-hybridized carbons (Fsp3) is 0.240. The van der Waals surface area contributed by atoms with Crippen molar-refractivity contribution in [3.63, 3.8) is 0 Å². The van der Waals surface area contributed by atoms with Crippen molar-refractivity contribution in [3.8, 4) is 17.2 Å². The number of sulfonamides is 1. The highest BCUT2D eigenvalue weighted by Gasteiger charge is 2.29. The molecule has 33 heavy (non-hydrogen) atoms. The highest BCUT2D eigenvalue weighted by atomic mass is 32.2. The summed E-state index contributed by atoms with van der Waals surface area (Å²) in [5, 5.41) is 2.81. The van der Waals surface area contributed by atoms with Crippen LogP contribution in [-0.4, -0.2) is 33.2 Å². The minimum atomic E-state index is -3.73. The molecule has 0 aliphatic carbocycles. The van der Waals surface area contributed by atoms with E-state index in [1.54, 1.807) is 31.2 Å². The normalized spacial score (nSPS) is 12.0. The molecule has 0 saturated carbocycles. The van der Waals surface area contributed by atoms with Crippen molar-refractivity contribution < 1.29 is 22.7 Å². The van der Waals surface area contributed by atoms with Gasteiger partial charge in [0.1, 0.15) is 23.3 Å². The lowest BCUT2D eigenvalue weighted by Gasteiger charge is -2.28. The summed E-state index contributed by atoms with van der Waals surface area (Å²) >= 11 is 0. The summed E-state index contributed by atoms with van der Waals surface area (Å²) in [4.78, 5) is 12.9. The number of nitrogens with one attached hydrogen (secondary N) is 1. The van der Waals surface area contributed by atoms with Crippen LogP contribution in [0.4, 0.5) is 5.69 Å². The molecule has 0 aromatic heterocycles. The van der Waals surface area contributed by atoms with Crippen LogP contribution in [0.2, 0.25) is 0 Å². The number of ether oxygens (including phenoxy) is 2. The molecule has 3 aromatic carbocycles. The Morgan fingerprint density at radius 1 is 0.939 bits per heavy atom. The van der Waals surface area contributed by atoms with Gasteiger partial charge in [-0.1, -0.05) is 36.4 Å². The summed E-state index contributed by atoms with van der Waals surface area (Å²) in [5.74, 6) is 1.49. The number of rotatable bonds is 10. The highest BCUT2D eigenvalue weighted by molar-refractivity contribution is 7.92. The Hall–Kier alpha value is -3.52. The van der Waals surface area contributed by atoms with Crippen molar-refractivity contribution in [2.24, 2.45) is 0 Å². The monoisotopic (exact) mass is 468 g/mol. The minimum Gasteiger partial charge on any atom is -0.494 e. The number of amides is 1. The van der Waals surface area contributed by atoms with Crippen LogP contribution >= 0.6 is 0 Å². The maximum atomic E-state index is 12.9. The molecule has 0 aliphatic heterocycles. The van der Waals surface area contributed by atoms with Crippen LogP contribution in [0.1, 0.15) is 19.4 Å². The van der Waals surface area contributed by atoms with E-state index in [0.717, 1.165) is 16.1 Å². The Balaban J connectivity index is 1.74. The number of nitrogens with zero attached hydrogens (tertiary/aromatic N) is 1. The lowest BCUT2D eigenvalue weighted by atomic mass is 10.2. The molecule has 0 fully saturated rings. The molecule has 0 aliphatic rings. The largest absolute Gasteiger partial charge is 0.494 e. The molecule has 0 bridgehead atoms. The summed E-state index contributed by atoms with van der Waals surface area (Å²) in [6, 6.07) is 22.3. The van der Waals surface area contributed by atoms with Crippen LogP contribution in [0, 0.1) is 0 Å². The summed E-state index contributed by atoms with van der Waals surface area (Å²) in [6.45, 7) is 4.17. The van der Waals surface area contributed by atoms with Crippen molar-refractivity contribution >= 4 is 21.6 Å². The third-order valence-corrected chi connectivity index (χ3v) is 6.13. The van der Waals surface area contributed by atoms with Gasteiger partial charge in [-0.15, -0.1) is 0 Å². The van der Waals surface area contributed by atoms with Crippen LogP contribution in [0.15, 0.2) is 78.9 Å². The van der Waals surface area contributed by atoms with Crippen molar-refractivity contribution in [1.29, 1.82) is 0 Å². The Morgan fingerprint density at radius 2 is 1.55 bits per heavy atom. The molecule has 0 radical (unpaired) electrons. The van der Waals surface area contributed by atoms with E-state index in [0.29, 0.717) is 29.5 Å². The van der Waals surface area contributed by atoms with E-state index in [1.807, 2.05) is 61.5 Å². The first kappa shape index (κ1) is 24.1. The molecule has 0 unspecified atom stereocenters. The number of carbonyl (C=O) groups is 1. The second kappa shape index (κ2) is 10.9. The SMILES string of the molecule is CCOc1ccccc1CNC(=O)[C@@H](C)N(c1ccc(Oc2ccccc2)cc1)S(C)(=O)=O. The highest BCUT2D eigenvalue weighted by Crippen LogP contribution is 2.27. The zero-order valence-electron chi connectivity index (χ0n) is 18.9. The third kappa shape index (κ3) is 6.49. The molecule has 7 nitrogen and oxygen atoms in total. The Labute approximate surface area is 195 Å². The standard InChI is InChI=1S/C25H28N2O5S/c1-4-31-24-13-9-8-10-20(24)18-26-25(28)19(2)27(33(3,29)30)21-14-16-23(17-15-21)32-22-11-6-5-7-12-22/h5-17,19H,4,18H2,1-3H3,(H,26,28)/t19-/m1/s1. The Bertz CT molecular complexity index is 1160. The second-order valence-electron chi connectivity index (χ2n) is 7.40. The zero-order valence-corrected chi connectivity index (χ0v) is 19.7. The fourth-order valence-electron chi connectivity index (χ4n) is 3.37. The quantitative estimate of drug-likeness (QED) is 0.478.